The summed E-state index contributed by atoms with van der Waals surface area (Å²) in [4.78, 5) is 0.161. The number of aryl methyl sites for hydroxylation is 1. The minimum Gasteiger partial charge on any atom is -0.274 e. The number of sulfonamides is 1. The van der Waals surface area contributed by atoms with Crippen molar-refractivity contribution in [1.29, 1.82) is 0 Å². The van der Waals surface area contributed by atoms with Crippen LogP contribution in [0.2, 0.25) is 0 Å². The molecule has 0 saturated carbocycles. The van der Waals surface area contributed by atoms with E-state index in [4.69, 9.17) is 11.6 Å². The molecule has 1 rings (SSSR count). The molecule has 0 bridgehead atoms. The summed E-state index contributed by atoms with van der Waals surface area (Å²) in [5, 5.41) is 3.81. The first-order valence-electron chi connectivity index (χ1n) is 4.56. The summed E-state index contributed by atoms with van der Waals surface area (Å²) in [5.74, 6) is 0.260. The highest BCUT2D eigenvalue weighted by atomic mass is 35.5. The summed E-state index contributed by atoms with van der Waals surface area (Å²) in [7, 11) is -1.82. The Morgan fingerprint density at radius 2 is 2.33 bits per heavy atom. The van der Waals surface area contributed by atoms with Crippen molar-refractivity contribution in [1.82, 2.24) is 14.5 Å². The fraction of sp³-hybridized carbons (Fsp3) is 0.625. The predicted molar refractivity (Wildman–Crippen MR) is 58.3 cm³/mol. The lowest BCUT2D eigenvalue weighted by atomic mass is 10.3. The molecule has 0 aliphatic carbocycles. The maximum Gasteiger partial charge on any atom is 0.243 e. The second-order valence-electron chi connectivity index (χ2n) is 3.23. The fourth-order valence-corrected chi connectivity index (χ4v) is 2.74. The Balaban J connectivity index is 2.84. The van der Waals surface area contributed by atoms with E-state index in [1.807, 2.05) is 6.92 Å². The van der Waals surface area contributed by atoms with Crippen LogP contribution in [0.15, 0.2) is 17.3 Å². The summed E-state index contributed by atoms with van der Waals surface area (Å²) < 4.78 is 27.5. The molecule has 1 heterocycles. The lowest BCUT2D eigenvalue weighted by Crippen LogP contribution is -2.35. The van der Waals surface area contributed by atoms with Gasteiger partial charge in [0.25, 0.3) is 0 Å². The second-order valence-corrected chi connectivity index (χ2v) is 5.25. The molecule has 0 spiro atoms. The molecule has 1 unspecified atom stereocenters. The second kappa shape index (κ2) is 4.96. The molecule has 0 aliphatic heterocycles. The van der Waals surface area contributed by atoms with Gasteiger partial charge in [0.1, 0.15) is 4.90 Å². The standard InChI is InChI=1S/C8H14ClN3O2S/c1-3-7(4-9)11-15(13,14)8-5-10-12(2)6-8/h5-7,11H,3-4H2,1-2H3. The van der Waals surface area contributed by atoms with E-state index in [2.05, 4.69) is 9.82 Å². The number of nitrogens with one attached hydrogen (secondary N) is 1. The van der Waals surface area contributed by atoms with Gasteiger partial charge in [0.05, 0.1) is 6.20 Å². The molecule has 0 radical (unpaired) electrons. The van der Waals surface area contributed by atoms with Crippen molar-refractivity contribution in [3.8, 4) is 0 Å². The van der Waals surface area contributed by atoms with Gasteiger partial charge in [-0.1, -0.05) is 6.92 Å². The lowest BCUT2D eigenvalue weighted by Gasteiger charge is -2.12. The van der Waals surface area contributed by atoms with E-state index < -0.39 is 10.0 Å². The van der Waals surface area contributed by atoms with Crippen LogP contribution in [0.3, 0.4) is 0 Å². The first-order valence-corrected chi connectivity index (χ1v) is 6.58. The third-order valence-corrected chi connectivity index (χ3v) is 3.84. The zero-order valence-electron chi connectivity index (χ0n) is 8.64. The zero-order valence-corrected chi connectivity index (χ0v) is 10.2. The molecule has 7 heteroatoms. The number of hydrogen-bond donors (Lipinski definition) is 1. The molecular weight excluding hydrogens is 238 g/mol. The Bertz CT molecular complexity index is 411. The quantitative estimate of drug-likeness (QED) is 0.785. The van der Waals surface area contributed by atoms with Crippen molar-refractivity contribution in [2.75, 3.05) is 5.88 Å². The highest BCUT2D eigenvalue weighted by molar-refractivity contribution is 7.89. The number of nitrogens with zero attached hydrogens (tertiary/aromatic N) is 2. The topological polar surface area (TPSA) is 64.0 Å². The highest BCUT2D eigenvalue weighted by Crippen LogP contribution is 2.08. The van der Waals surface area contributed by atoms with Gasteiger partial charge in [0, 0.05) is 25.2 Å². The fourth-order valence-electron chi connectivity index (χ4n) is 1.05. The number of halogens is 1. The maximum absolute atomic E-state index is 11.8. The molecule has 0 fully saturated rings. The average Bonchev–Trinajstić information content (AvgIpc) is 2.62. The summed E-state index contributed by atoms with van der Waals surface area (Å²) in [5.41, 5.74) is 0. The number of alkyl halides is 1. The number of aromatic nitrogens is 2. The third kappa shape index (κ3) is 3.19. The van der Waals surface area contributed by atoms with Gasteiger partial charge < -0.3 is 0 Å². The summed E-state index contributed by atoms with van der Waals surface area (Å²) >= 11 is 5.62. The molecule has 1 aromatic heterocycles. The van der Waals surface area contributed by atoms with Crippen LogP contribution in [0, 0.1) is 0 Å². The van der Waals surface area contributed by atoms with Crippen LogP contribution >= 0.6 is 11.6 Å². The van der Waals surface area contributed by atoms with Crippen molar-refractivity contribution in [3.05, 3.63) is 12.4 Å². The van der Waals surface area contributed by atoms with Crippen LogP contribution in [-0.2, 0) is 17.1 Å². The molecule has 1 atom stereocenters. The van der Waals surface area contributed by atoms with Crippen molar-refractivity contribution in [2.45, 2.75) is 24.3 Å². The van der Waals surface area contributed by atoms with E-state index in [0.717, 1.165) is 0 Å². The summed E-state index contributed by atoms with van der Waals surface area (Å²) in [6, 6.07) is -0.239. The minimum absolute atomic E-state index is 0.161. The van der Waals surface area contributed by atoms with Gasteiger partial charge in [-0.05, 0) is 6.42 Å². The SMILES string of the molecule is CCC(CCl)NS(=O)(=O)c1cnn(C)c1. The maximum atomic E-state index is 11.8. The van der Waals surface area contributed by atoms with E-state index in [1.165, 1.54) is 17.1 Å². The van der Waals surface area contributed by atoms with Crippen LogP contribution in [-0.4, -0.2) is 30.1 Å². The van der Waals surface area contributed by atoms with E-state index in [-0.39, 0.29) is 16.8 Å². The Kier molecular flexibility index (Phi) is 4.12. The van der Waals surface area contributed by atoms with Crippen molar-refractivity contribution in [3.63, 3.8) is 0 Å². The van der Waals surface area contributed by atoms with Gasteiger partial charge in [-0.15, -0.1) is 11.6 Å². The highest BCUT2D eigenvalue weighted by Gasteiger charge is 2.19. The van der Waals surface area contributed by atoms with Crippen molar-refractivity contribution < 1.29 is 8.42 Å². The van der Waals surface area contributed by atoms with Gasteiger partial charge in [-0.3, -0.25) is 4.68 Å². The summed E-state index contributed by atoms with van der Waals surface area (Å²) in [6.07, 6.45) is 3.41. The normalized spacial score (nSPS) is 14.1. The first kappa shape index (κ1) is 12.5. The molecule has 86 valence electrons. The van der Waals surface area contributed by atoms with E-state index >= 15 is 0 Å². The Morgan fingerprint density at radius 3 is 2.73 bits per heavy atom. The molecule has 0 aromatic carbocycles. The van der Waals surface area contributed by atoms with Crippen molar-refractivity contribution in [2.24, 2.45) is 7.05 Å². The van der Waals surface area contributed by atoms with E-state index in [0.29, 0.717) is 6.42 Å². The predicted octanol–water partition coefficient (Wildman–Crippen LogP) is 0.716. The molecule has 0 amide bonds. The van der Waals surface area contributed by atoms with E-state index in [1.54, 1.807) is 7.05 Å². The lowest BCUT2D eigenvalue weighted by molar-refractivity contribution is 0.557. The van der Waals surface area contributed by atoms with E-state index in [9.17, 15) is 8.42 Å². The molecule has 5 nitrogen and oxygen atoms in total. The van der Waals surface area contributed by atoms with Crippen molar-refractivity contribution >= 4 is 21.6 Å². The van der Waals surface area contributed by atoms with Gasteiger partial charge >= 0.3 is 0 Å². The monoisotopic (exact) mass is 251 g/mol. The minimum atomic E-state index is -3.48. The van der Waals surface area contributed by atoms with Crippen LogP contribution in [0.25, 0.3) is 0 Å². The molecule has 15 heavy (non-hydrogen) atoms. The Morgan fingerprint density at radius 1 is 1.67 bits per heavy atom. The molecule has 0 saturated heterocycles. The molecule has 1 N–H and O–H groups in total. The van der Waals surface area contributed by atoms with Gasteiger partial charge in [-0.2, -0.15) is 5.10 Å². The van der Waals surface area contributed by atoms with Gasteiger partial charge in [0.15, 0.2) is 0 Å². The molecule has 0 aliphatic rings. The van der Waals surface area contributed by atoms with Crippen LogP contribution in [0.1, 0.15) is 13.3 Å². The number of rotatable bonds is 5. The van der Waals surface area contributed by atoms with Crippen LogP contribution < -0.4 is 4.72 Å². The van der Waals surface area contributed by atoms with Crippen LogP contribution in [0.4, 0.5) is 0 Å². The average molecular weight is 252 g/mol. The Hall–Kier alpha value is -0.590. The third-order valence-electron chi connectivity index (χ3n) is 1.99. The number of hydrogen-bond acceptors (Lipinski definition) is 3. The molecule has 1 aromatic rings. The first-order chi connectivity index (χ1) is 6.99. The summed E-state index contributed by atoms with van der Waals surface area (Å²) in [6.45, 7) is 1.87. The van der Waals surface area contributed by atoms with Gasteiger partial charge in [0.2, 0.25) is 10.0 Å². The van der Waals surface area contributed by atoms with Gasteiger partial charge in [-0.25, -0.2) is 13.1 Å². The largest absolute Gasteiger partial charge is 0.274 e. The zero-order chi connectivity index (χ0) is 11.5. The smallest absolute Gasteiger partial charge is 0.243 e. The van der Waals surface area contributed by atoms with Crippen LogP contribution in [0.5, 0.6) is 0 Å². The Labute approximate surface area is 94.5 Å². The molecular formula is C8H14ClN3O2S.